The average molecular weight is 539 g/mol. The molecule has 2 aliphatic rings. The molecule has 1 aromatic heterocycles. The fourth-order valence-corrected chi connectivity index (χ4v) is 4.90. The van der Waals surface area contributed by atoms with Gasteiger partial charge in [0.05, 0.1) is 12.1 Å². The Bertz CT molecular complexity index is 1480. The first-order valence-corrected chi connectivity index (χ1v) is 12.6. The number of halogens is 2. The van der Waals surface area contributed by atoms with Crippen molar-refractivity contribution in [1.82, 2.24) is 14.9 Å². The van der Waals surface area contributed by atoms with Crippen LogP contribution in [0.3, 0.4) is 0 Å². The lowest BCUT2D eigenvalue weighted by Gasteiger charge is -2.42. The number of pyridine rings is 1. The first-order valence-electron chi connectivity index (χ1n) is 12.6. The van der Waals surface area contributed by atoms with Crippen LogP contribution in [0.2, 0.25) is 0 Å². The lowest BCUT2D eigenvalue weighted by Crippen LogP contribution is -2.58. The monoisotopic (exact) mass is 538 g/mol. The molecule has 2 N–H and O–H groups in total. The molecule has 0 aliphatic carbocycles. The Morgan fingerprint density at radius 3 is 2.59 bits per heavy atom. The maximum atomic E-state index is 14.1. The normalized spacial score (nSPS) is 20.3. The summed E-state index contributed by atoms with van der Waals surface area (Å²) in [5, 5.41) is 15.0. The van der Waals surface area contributed by atoms with Crippen molar-refractivity contribution in [3.63, 3.8) is 0 Å². The molecule has 3 heterocycles. The van der Waals surface area contributed by atoms with Crippen LogP contribution in [0.1, 0.15) is 52.2 Å². The summed E-state index contributed by atoms with van der Waals surface area (Å²) in [6, 6.07) is 11.3. The van der Waals surface area contributed by atoms with Gasteiger partial charge in [-0.2, -0.15) is 0 Å². The standard InChI is InChI=1S/C28H28F2N4O5/c1-16-10-23(35)17(2)32-15-34(16)33-13-21(27(37)31-12-19-8-9-20(29)11-22(19)30)25(36)26(24(33)28(32)38)39-14-18-6-4-3-5-7-18/h3-9,11,13,16-17,23,35H,10,12,14-15H2,1-2H3,(H,31,37)/t16?,17-,23-/m0/s1. The Morgan fingerprint density at radius 2 is 1.87 bits per heavy atom. The summed E-state index contributed by atoms with van der Waals surface area (Å²) in [5.74, 6) is -3.20. The highest BCUT2D eigenvalue weighted by Gasteiger charge is 2.43. The molecule has 39 heavy (non-hydrogen) atoms. The molecule has 5 rings (SSSR count). The summed E-state index contributed by atoms with van der Waals surface area (Å²) in [6.45, 7) is 3.43. The third kappa shape index (κ3) is 4.97. The molecule has 3 atom stereocenters. The lowest BCUT2D eigenvalue weighted by atomic mass is 10.1. The first kappa shape index (κ1) is 26.4. The van der Waals surface area contributed by atoms with Crippen LogP contribution in [0.4, 0.5) is 8.78 Å². The summed E-state index contributed by atoms with van der Waals surface area (Å²) in [7, 11) is 0. The van der Waals surface area contributed by atoms with E-state index in [1.165, 1.54) is 21.8 Å². The third-order valence-electron chi connectivity index (χ3n) is 7.25. The number of nitrogens with one attached hydrogen (secondary N) is 1. The largest absolute Gasteiger partial charge is 0.482 e. The SMILES string of the molecule is CC1C[C@H](O)[C@H](C)N2CN1n1cc(C(=O)NCc3ccc(F)cc3F)c(=O)c(OCc3ccccc3)c1C2=O. The molecule has 0 radical (unpaired) electrons. The average Bonchev–Trinajstić information content (AvgIpc) is 3.01. The van der Waals surface area contributed by atoms with Gasteiger partial charge in [-0.05, 0) is 31.9 Å². The molecule has 1 saturated heterocycles. The van der Waals surface area contributed by atoms with Crippen molar-refractivity contribution in [3.05, 3.63) is 99.0 Å². The number of rotatable bonds is 6. The van der Waals surface area contributed by atoms with Gasteiger partial charge >= 0.3 is 0 Å². The summed E-state index contributed by atoms with van der Waals surface area (Å²) in [5.41, 5.74) is -0.370. The molecule has 11 heteroatoms. The molecule has 0 spiro atoms. The number of aliphatic hydroxyl groups excluding tert-OH is 1. The van der Waals surface area contributed by atoms with E-state index in [0.717, 1.165) is 11.6 Å². The number of fused-ring (bicyclic) bond motifs is 4. The maximum Gasteiger partial charge on any atom is 0.278 e. The van der Waals surface area contributed by atoms with E-state index < -0.39 is 41.0 Å². The molecule has 0 saturated carbocycles. The minimum Gasteiger partial charge on any atom is -0.482 e. The minimum absolute atomic E-state index is 0.0318. The molecular formula is C28H28F2N4O5. The van der Waals surface area contributed by atoms with Gasteiger partial charge < -0.3 is 20.1 Å². The van der Waals surface area contributed by atoms with E-state index in [0.29, 0.717) is 12.5 Å². The van der Waals surface area contributed by atoms with Crippen LogP contribution >= 0.6 is 0 Å². The van der Waals surface area contributed by atoms with Crippen LogP contribution in [0.25, 0.3) is 0 Å². The van der Waals surface area contributed by atoms with Crippen molar-refractivity contribution in [1.29, 1.82) is 0 Å². The van der Waals surface area contributed by atoms with Gasteiger partial charge in [-0.15, -0.1) is 0 Å². The zero-order chi connectivity index (χ0) is 27.8. The van der Waals surface area contributed by atoms with E-state index in [2.05, 4.69) is 5.32 Å². The van der Waals surface area contributed by atoms with E-state index in [-0.39, 0.29) is 48.4 Å². The molecule has 9 nitrogen and oxygen atoms in total. The van der Waals surface area contributed by atoms with Crippen LogP contribution in [0, 0.1) is 11.6 Å². The second-order valence-electron chi connectivity index (χ2n) is 9.84. The highest BCUT2D eigenvalue weighted by molar-refractivity contribution is 5.99. The summed E-state index contributed by atoms with van der Waals surface area (Å²) in [6.07, 6.45) is 0.831. The fourth-order valence-electron chi connectivity index (χ4n) is 4.90. The van der Waals surface area contributed by atoms with E-state index in [4.69, 9.17) is 4.74 Å². The molecule has 204 valence electrons. The molecule has 2 aliphatic heterocycles. The highest BCUT2D eigenvalue weighted by Crippen LogP contribution is 2.30. The number of nitrogens with zero attached hydrogens (tertiary/aromatic N) is 3. The number of carbonyl (C=O) groups excluding carboxylic acids is 2. The second kappa shape index (κ2) is 10.5. The molecule has 3 aromatic rings. The minimum atomic E-state index is -0.832. The van der Waals surface area contributed by atoms with Crippen molar-refractivity contribution in [2.24, 2.45) is 0 Å². The number of amides is 2. The van der Waals surface area contributed by atoms with Gasteiger partial charge in [0.1, 0.15) is 30.5 Å². The molecule has 1 fully saturated rings. The Kier molecular flexibility index (Phi) is 7.09. The molecule has 1 unspecified atom stereocenters. The molecule has 2 bridgehead atoms. The van der Waals surface area contributed by atoms with Crippen LogP contribution in [-0.4, -0.2) is 51.4 Å². The quantitative estimate of drug-likeness (QED) is 0.500. The Labute approximate surface area is 223 Å². The fraction of sp³-hybridized carbons (Fsp3) is 0.321. The Morgan fingerprint density at radius 1 is 1.13 bits per heavy atom. The molecule has 2 aromatic carbocycles. The Hall–Kier alpha value is -4.25. The second-order valence-corrected chi connectivity index (χ2v) is 9.84. The zero-order valence-electron chi connectivity index (χ0n) is 21.4. The van der Waals surface area contributed by atoms with Crippen molar-refractivity contribution < 1.29 is 28.2 Å². The van der Waals surface area contributed by atoms with Crippen molar-refractivity contribution in [2.75, 3.05) is 11.7 Å². The van der Waals surface area contributed by atoms with Gasteiger partial charge in [0.2, 0.25) is 5.43 Å². The van der Waals surface area contributed by atoms with Crippen LogP contribution in [0.5, 0.6) is 5.75 Å². The molecular weight excluding hydrogens is 510 g/mol. The Balaban J connectivity index is 1.57. The number of hydrogen-bond acceptors (Lipinski definition) is 6. The number of hydrogen-bond donors (Lipinski definition) is 2. The smallest absolute Gasteiger partial charge is 0.278 e. The van der Waals surface area contributed by atoms with Gasteiger partial charge in [-0.3, -0.25) is 24.1 Å². The lowest BCUT2D eigenvalue weighted by molar-refractivity contribution is 0.0408. The topological polar surface area (TPSA) is 104 Å². The summed E-state index contributed by atoms with van der Waals surface area (Å²) >= 11 is 0. The number of benzene rings is 2. The van der Waals surface area contributed by atoms with Crippen molar-refractivity contribution in [3.8, 4) is 5.75 Å². The van der Waals surface area contributed by atoms with E-state index >= 15 is 0 Å². The van der Waals surface area contributed by atoms with Crippen molar-refractivity contribution >= 4 is 11.8 Å². The predicted molar refractivity (Wildman–Crippen MR) is 138 cm³/mol. The van der Waals surface area contributed by atoms with E-state index in [9.17, 15) is 28.3 Å². The third-order valence-corrected chi connectivity index (χ3v) is 7.25. The van der Waals surface area contributed by atoms with Gasteiger partial charge in [-0.25, -0.2) is 8.78 Å². The van der Waals surface area contributed by atoms with Crippen molar-refractivity contribution in [2.45, 2.75) is 51.6 Å². The van der Waals surface area contributed by atoms with Gasteiger partial charge in [0.25, 0.3) is 11.8 Å². The van der Waals surface area contributed by atoms with E-state index in [1.54, 1.807) is 36.2 Å². The number of aliphatic hydroxyl groups is 1. The van der Waals surface area contributed by atoms with Crippen LogP contribution in [0.15, 0.2) is 59.5 Å². The summed E-state index contributed by atoms with van der Waals surface area (Å²) < 4.78 is 34.8. The van der Waals surface area contributed by atoms with Gasteiger partial charge in [-0.1, -0.05) is 36.4 Å². The number of carbonyl (C=O) groups is 2. The van der Waals surface area contributed by atoms with Gasteiger partial charge in [0, 0.05) is 30.4 Å². The maximum absolute atomic E-state index is 14.1. The number of aromatic nitrogens is 1. The zero-order valence-corrected chi connectivity index (χ0v) is 21.4. The number of ether oxygens (including phenoxy) is 1. The van der Waals surface area contributed by atoms with Crippen LogP contribution in [-0.2, 0) is 13.2 Å². The van der Waals surface area contributed by atoms with Crippen LogP contribution < -0.4 is 20.5 Å². The van der Waals surface area contributed by atoms with Gasteiger partial charge in [0.15, 0.2) is 11.4 Å². The highest BCUT2D eigenvalue weighted by atomic mass is 19.1. The molecule has 2 amide bonds. The summed E-state index contributed by atoms with van der Waals surface area (Å²) in [4.78, 5) is 42.0. The predicted octanol–water partition coefficient (Wildman–Crippen LogP) is 2.53. The first-order chi connectivity index (χ1) is 18.7. The van der Waals surface area contributed by atoms with E-state index in [1.807, 2.05) is 13.0 Å².